The van der Waals surface area contributed by atoms with E-state index in [9.17, 15) is 13.2 Å². The van der Waals surface area contributed by atoms with Gasteiger partial charge in [-0.3, -0.25) is 0 Å². The molecule has 0 aliphatic carbocycles. The van der Waals surface area contributed by atoms with E-state index in [0.717, 1.165) is 30.8 Å². The molecule has 0 aromatic heterocycles. The van der Waals surface area contributed by atoms with Crippen molar-refractivity contribution in [1.29, 1.82) is 0 Å². The maximum Gasteiger partial charge on any atom is 0.416 e. The Kier molecular flexibility index (Phi) is 6.64. The Balaban J connectivity index is 1.70. The lowest BCUT2D eigenvalue weighted by atomic mass is 10.2. The van der Waals surface area contributed by atoms with E-state index in [0.29, 0.717) is 17.3 Å². The van der Waals surface area contributed by atoms with Gasteiger partial charge in [-0.25, -0.2) is 0 Å². The van der Waals surface area contributed by atoms with Crippen LogP contribution in [0.4, 0.5) is 24.5 Å². The second-order valence-electron chi connectivity index (χ2n) is 5.57. The second kappa shape index (κ2) is 8.71. The van der Waals surface area contributed by atoms with E-state index in [1.807, 2.05) is 37.4 Å². The van der Waals surface area contributed by atoms with E-state index >= 15 is 0 Å². The molecule has 0 radical (unpaired) electrons. The Morgan fingerprint density at radius 3 is 2.28 bits per heavy atom. The Labute approximate surface area is 150 Å². The molecular weight excluding hydrogens is 347 g/mol. The number of benzene rings is 2. The standard InChI is InChI=1S/C18H20F3N3S/c1-24(16-6-3-2-4-7-16)13-5-12-22-17(25)23-15-10-8-14(9-11-15)18(19,20)21/h2-4,6-11H,5,12-13H2,1H3,(H2,22,23,25). The zero-order chi connectivity index (χ0) is 18.3. The van der Waals surface area contributed by atoms with Gasteiger partial charge >= 0.3 is 6.18 Å². The molecule has 0 unspecified atom stereocenters. The highest BCUT2D eigenvalue weighted by molar-refractivity contribution is 7.80. The highest BCUT2D eigenvalue weighted by Crippen LogP contribution is 2.29. The van der Waals surface area contributed by atoms with Crippen molar-refractivity contribution in [2.45, 2.75) is 12.6 Å². The average Bonchev–Trinajstić information content (AvgIpc) is 2.59. The predicted molar refractivity (Wildman–Crippen MR) is 100.0 cm³/mol. The van der Waals surface area contributed by atoms with Crippen LogP contribution in [0.5, 0.6) is 0 Å². The van der Waals surface area contributed by atoms with E-state index in [1.165, 1.54) is 12.1 Å². The largest absolute Gasteiger partial charge is 0.416 e. The molecule has 2 rings (SSSR count). The Morgan fingerprint density at radius 1 is 1.04 bits per heavy atom. The fourth-order valence-electron chi connectivity index (χ4n) is 2.25. The number of alkyl halides is 3. The number of nitrogens with one attached hydrogen (secondary N) is 2. The van der Waals surface area contributed by atoms with Crippen LogP contribution in [-0.4, -0.2) is 25.2 Å². The molecule has 2 aromatic rings. The molecule has 0 bridgehead atoms. The van der Waals surface area contributed by atoms with Crippen LogP contribution in [0, 0.1) is 0 Å². The lowest BCUT2D eigenvalue weighted by molar-refractivity contribution is -0.137. The molecule has 0 saturated carbocycles. The van der Waals surface area contributed by atoms with Gasteiger partial charge in [-0.15, -0.1) is 0 Å². The number of hydrogen-bond donors (Lipinski definition) is 2. The molecule has 0 heterocycles. The molecule has 0 atom stereocenters. The van der Waals surface area contributed by atoms with Crippen LogP contribution in [0.25, 0.3) is 0 Å². The zero-order valence-corrected chi connectivity index (χ0v) is 14.6. The maximum absolute atomic E-state index is 12.5. The van der Waals surface area contributed by atoms with Crippen molar-refractivity contribution in [1.82, 2.24) is 5.32 Å². The smallest absolute Gasteiger partial charge is 0.375 e. The number of halogens is 3. The van der Waals surface area contributed by atoms with E-state index < -0.39 is 11.7 Å². The molecule has 0 saturated heterocycles. The van der Waals surface area contributed by atoms with Gasteiger partial charge in [0.2, 0.25) is 0 Å². The highest BCUT2D eigenvalue weighted by Gasteiger charge is 2.29. The van der Waals surface area contributed by atoms with Crippen LogP contribution in [0.1, 0.15) is 12.0 Å². The average molecular weight is 367 g/mol. The first-order valence-corrected chi connectivity index (χ1v) is 8.25. The van der Waals surface area contributed by atoms with Gasteiger partial charge in [-0.2, -0.15) is 13.2 Å². The normalized spacial score (nSPS) is 11.0. The summed E-state index contributed by atoms with van der Waals surface area (Å²) in [6, 6.07) is 14.8. The second-order valence-corrected chi connectivity index (χ2v) is 5.97. The van der Waals surface area contributed by atoms with Gasteiger partial charge in [-0.05, 0) is 55.0 Å². The number of hydrogen-bond acceptors (Lipinski definition) is 2. The molecule has 2 aromatic carbocycles. The third-order valence-corrected chi connectivity index (χ3v) is 3.87. The zero-order valence-electron chi connectivity index (χ0n) is 13.8. The lowest BCUT2D eigenvalue weighted by Gasteiger charge is -2.19. The number of nitrogens with zero attached hydrogens (tertiary/aromatic N) is 1. The van der Waals surface area contributed by atoms with Crippen molar-refractivity contribution >= 4 is 28.7 Å². The third kappa shape index (κ3) is 6.26. The molecule has 25 heavy (non-hydrogen) atoms. The Morgan fingerprint density at radius 2 is 1.68 bits per heavy atom. The van der Waals surface area contributed by atoms with Crippen molar-refractivity contribution in [3.63, 3.8) is 0 Å². The van der Waals surface area contributed by atoms with Crippen molar-refractivity contribution in [2.75, 3.05) is 30.4 Å². The summed E-state index contributed by atoms with van der Waals surface area (Å²) in [4.78, 5) is 2.15. The predicted octanol–water partition coefficient (Wildman–Crippen LogP) is 4.52. The summed E-state index contributed by atoms with van der Waals surface area (Å²) >= 11 is 5.16. The minimum atomic E-state index is -4.33. The van der Waals surface area contributed by atoms with Crippen LogP contribution >= 0.6 is 12.2 Å². The molecule has 7 heteroatoms. The highest BCUT2D eigenvalue weighted by atomic mass is 32.1. The van der Waals surface area contributed by atoms with Gasteiger partial charge in [0.15, 0.2) is 5.11 Å². The summed E-state index contributed by atoms with van der Waals surface area (Å²) in [5.74, 6) is 0. The molecule has 0 amide bonds. The van der Waals surface area contributed by atoms with Gasteiger partial charge in [-0.1, -0.05) is 18.2 Å². The molecule has 0 aliphatic rings. The summed E-state index contributed by atoms with van der Waals surface area (Å²) in [6.07, 6.45) is -3.46. The molecule has 0 spiro atoms. The number of thiocarbonyl (C=S) groups is 1. The van der Waals surface area contributed by atoms with Crippen molar-refractivity contribution in [2.24, 2.45) is 0 Å². The van der Waals surface area contributed by atoms with Gasteiger partial charge in [0.05, 0.1) is 5.56 Å². The van der Waals surface area contributed by atoms with Gasteiger partial charge < -0.3 is 15.5 Å². The SMILES string of the molecule is CN(CCCNC(=S)Nc1ccc(C(F)(F)F)cc1)c1ccccc1. The minimum absolute atomic E-state index is 0.391. The summed E-state index contributed by atoms with van der Waals surface area (Å²) in [7, 11) is 2.02. The molecule has 0 fully saturated rings. The van der Waals surface area contributed by atoms with Crippen molar-refractivity contribution < 1.29 is 13.2 Å². The lowest BCUT2D eigenvalue weighted by Crippen LogP contribution is -2.31. The van der Waals surface area contributed by atoms with E-state index in [2.05, 4.69) is 15.5 Å². The number of anilines is 2. The fourth-order valence-corrected chi connectivity index (χ4v) is 2.47. The molecular formula is C18H20F3N3S. The van der Waals surface area contributed by atoms with Crippen LogP contribution in [0.2, 0.25) is 0 Å². The first-order chi connectivity index (χ1) is 11.9. The van der Waals surface area contributed by atoms with Gasteiger partial charge in [0, 0.05) is 31.5 Å². The van der Waals surface area contributed by atoms with Crippen LogP contribution in [-0.2, 0) is 6.18 Å². The molecule has 0 aliphatic heterocycles. The molecule has 134 valence electrons. The summed E-state index contributed by atoms with van der Waals surface area (Å²) in [5.41, 5.74) is 0.987. The van der Waals surface area contributed by atoms with E-state index in [1.54, 1.807) is 0 Å². The molecule has 2 N–H and O–H groups in total. The van der Waals surface area contributed by atoms with Gasteiger partial charge in [0.1, 0.15) is 0 Å². The summed E-state index contributed by atoms with van der Waals surface area (Å²) < 4.78 is 37.5. The summed E-state index contributed by atoms with van der Waals surface area (Å²) in [5, 5.41) is 6.32. The van der Waals surface area contributed by atoms with Crippen molar-refractivity contribution in [3.05, 3.63) is 60.2 Å². The van der Waals surface area contributed by atoms with Crippen molar-refractivity contribution in [3.8, 4) is 0 Å². The number of para-hydroxylation sites is 1. The van der Waals surface area contributed by atoms with Crippen LogP contribution in [0.15, 0.2) is 54.6 Å². The van der Waals surface area contributed by atoms with Crippen LogP contribution < -0.4 is 15.5 Å². The maximum atomic E-state index is 12.5. The monoisotopic (exact) mass is 367 g/mol. The minimum Gasteiger partial charge on any atom is -0.375 e. The topological polar surface area (TPSA) is 27.3 Å². The number of rotatable bonds is 6. The van der Waals surface area contributed by atoms with Gasteiger partial charge in [0.25, 0.3) is 0 Å². The quantitative estimate of drug-likeness (QED) is 0.580. The first-order valence-electron chi connectivity index (χ1n) is 7.84. The summed E-state index contributed by atoms with van der Waals surface area (Å²) in [6.45, 7) is 1.53. The van der Waals surface area contributed by atoms with E-state index in [4.69, 9.17) is 12.2 Å². The molecule has 3 nitrogen and oxygen atoms in total. The third-order valence-electron chi connectivity index (χ3n) is 3.62. The fraction of sp³-hybridized carbons (Fsp3) is 0.278. The van der Waals surface area contributed by atoms with Crippen LogP contribution in [0.3, 0.4) is 0 Å². The Hall–Kier alpha value is -2.28. The van der Waals surface area contributed by atoms with E-state index in [-0.39, 0.29) is 0 Å². The first kappa shape index (κ1) is 19.1. The Bertz CT molecular complexity index is 672.